The average molecular weight is 498 g/mol. The quantitative estimate of drug-likeness (QED) is 0.410. The highest BCUT2D eigenvalue weighted by molar-refractivity contribution is 5.81. The van der Waals surface area contributed by atoms with Crippen LogP contribution in [0.3, 0.4) is 0 Å². The first-order valence-corrected chi connectivity index (χ1v) is 14.8. The summed E-state index contributed by atoms with van der Waals surface area (Å²) in [6.07, 6.45) is 9.69. The van der Waals surface area contributed by atoms with Crippen LogP contribution in [0.4, 0.5) is 0 Å². The Labute approximate surface area is 225 Å². The normalized spacial score (nSPS) is 38.0. The summed E-state index contributed by atoms with van der Waals surface area (Å²) < 4.78 is 0. The summed E-state index contributed by atoms with van der Waals surface area (Å²) in [5, 5.41) is 12.1. The lowest BCUT2D eigenvalue weighted by Gasteiger charge is -2.42. The van der Waals surface area contributed by atoms with Gasteiger partial charge < -0.3 is 5.11 Å². The Hall–Kier alpha value is -2.09. The van der Waals surface area contributed by atoms with E-state index in [1.807, 2.05) is 0 Å². The van der Waals surface area contributed by atoms with Crippen molar-refractivity contribution in [2.45, 2.75) is 105 Å². The largest absolute Gasteiger partial charge is 0.507 e. The second kappa shape index (κ2) is 8.20. The highest BCUT2D eigenvalue weighted by Gasteiger charge is 2.63. The minimum atomic E-state index is 0.111. The minimum Gasteiger partial charge on any atom is -0.507 e. The Balaban J connectivity index is 1.45. The first-order chi connectivity index (χ1) is 17.4. The molecular weight excluding hydrogens is 450 g/mol. The molecule has 4 aliphatic carbocycles. The smallest absolute Gasteiger partial charge is 0.122 e. The third kappa shape index (κ3) is 3.39. The predicted molar refractivity (Wildman–Crippen MR) is 154 cm³/mol. The van der Waals surface area contributed by atoms with Gasteiger partial charge in [0.15, 0.2) is 0 Å². The zero-order valence-corrected chi connectivity index (χ0v) is 24.1. The topological polar surface area (TPSA) is 32.6 Å². The second-order valence-corrected chi connectivity index (χ2v) is 14.7. The van der Waals surface area contributed by atoms with E-state index in [-0.39, 0.29) is 16.9 Å². The van der Waals surface area contributed by atoms with E-state index in [9.17, 15) is 5.11 Å². The first kappa shape index (κ1) is 25.2. The van der Waals surface area contributed by atoms with Gasteiger partial charge in [0.1, 0.15) is 5.75 Å². The second-order valence-electron chi connectivity index (χ2n) is 14.7. The van der Waals surface area contributed by atoms with E-state index in [4.69, 9.17) is 4.99 Å². The molecule has 0 radical (unpaired) electrons. The fraction of sp³-hybridized carbons (Fsp3) is 0.629. The molecule has 0 heterocycles. The summed E-state index contributed by atoms with van der Waals surface area (Å²) in [6, 6.07) is 15.3. The van der Waals surface area contributed by atoms with Gasteiger partial charge >= 0.3 is 0 Å². The molecule has 1 N–H and O–H groups in total. The fourth-order valence-electron chi connectivity index (χ4n) is 9.67. The molecule has 0 spiro atoms. The molecule has 0 aromatic heterocycles. The van der Waals surface area contributed by atoms with Gasteiger partial charge in [-0.1, -0.05) is 71.9 Å². The number of nitrogens with zero attached hydrogens (tertiary/aromatic N) is 1. The van der Waals surface area contributed by atoms with Crippen LogP contribution in [0, 0.1) is 33.5 Å². The Morgan fingerprint density at radius 3 is 1.70 bits per heavy atom. The van der Waals surface area contributed by atoms with E-state index in [2.05, 4.69) is 97.1 Å². The van der Waals surface area contributed by atoms with Crippen molar-refractivity contribution >= 4 is 6.21 Å². The van der Waals surface area contributed by atoms with Gasteiger partial charge in [0.25, 0.3) is 0 Å². The van der Waals surface area contributed by atoms with Crippen LogP contribution in [0.25, 0.3) is 0 Å². The number of aromatic hydroxyl groups is 1. The number of phenols is 1. The van der Waals surface area contributed by atoms with E-state index in [1.165, 1.54) is 60.8 Å². The van der Waals surface area contributed by atoms with E-state index in [0.717, 1.165) is 11.8 Å². The van der Waals surface area contributed by atoms with E-state index in [0.29, 0.717) is 28.4 Å². The molecule has 4 bridgehead atoms. The maximum Gasteiger partial charge on any atom is 0.122 e. The zero-order valence-electron chi connectivity index (χ0n) is 24.1. The molecule has 2 aromatic rings. The van der Waals surface area contributed by atoms with Gasteiger partial charge in [-0.15, -0.1) is 0 Å². The van der Waals surface area contributed by atoms with Gasteiger partial charge in [-0.3, -0.25) is 4.99 Å². The summed E-state index contributed by atoms with van der Waals surface area (Å²) >= 11 is 0. The number of aliphatic imine (C=N–C) groups is 1. The lowest BCUT2D eigenvalue weighted by atomic mass is 9.63. The van der Waals surface area contributed by atoms with Crippen molar-refractivity contribution in [3.8, 4) is 5.75 Å². The number of fused-ring (bicyclic) bond motifs is 4. The van der Waals surface area contributed by atoms with Gasteiger partial charge in [0.2, 0.25) is 0 Å². The van der Waals surface area contributed by atoms with Crippen LogP contribution in [-0.4, -0.2) is 11.3 Å². The maximum absolute atomic E-state index is 12.1. The fourth-order valence-corrected chi connectivity index (χ4v) is 9.67. The molecule has 37 heavy (non-hydrogen) atoms. The van der Waals surface area contributed by atoms with Crippen LogP contribution in [0.2, 0.25) is 0 Å². The Kier molecular flexibility index (Phi) is 5.59. The highest BCUT2D eigenvalue weighted by atomic mass is 16.3. The molecule has 2 aromatic carbocycles. The van der Waals surface area contributed by atoms with Gasteiger partial charge in [0.05, 0.1) is 6.04 Å². The molecule has 4 saturated carbocycles. The van der Waals surface area contributed by atoms with Crippen molar-refractivity contribution in [3.05, 3.63) is 64.7 Å². The number of hydrogen-bond donors (Lipinski definition) is 1. The van der Waals surface area contributed by atoms with Crippen LogP contribution < -0.4 is 0 Å². The lowest BCUT2D eigenvalue weighted by Crippen LogP contribution is -2.32. The lowest BCUT2D eigenvalue weighted by molar-refractivity contribution is 0.130. The van der Waals surface area contributed by atoms with Crippen LogP contribution in [0.15, 0.2) is 47.5 Å². The highest BCUT2D eigenvalue weighted by Crippen LogP contribution is 2.74. The molecule has 0 aliphatic heterocycles. The van der Waals surface area contributed by atoms with Crippen molar-refractivity contribution in [2.75, 3.05) is 0 Å². The van der Waals surface area contributed by atoms with Crippen LogP contribution >= 0.6 is 0 Å². The molecule has 198 valence electrons. The van der Waals surface area contributed by atoms with E-state index in [1.54, 1.807) is 0 Å². The summed E-state index contributed by atoms with van der Waals surface area (Å²) in [7, 11) is 0. The van der Waals surface area contributed by atoms with Crippen LogP contribution in [0.5, 0.6) is 5.75 Å². The summed E-state index contributed by atoms with van der Waals surface area (Å²) in [5.74, 6) is 2.94. The number of phenolic OH excluding ortho intramolecular Hbond substituents is 1. The number of hydrogen-bond acceptors (Lipinski definition) is 2. The molecule has 7 atom stereocenters. The first-order valence-electron chi connectivity index (χ1n) is 14.8. The zero-order chi connectivity index (χ0) is 26.4. The third-order valence-corrected chi connectivity index (χ3v) is 13.3. The number of benzene rings is 2. The molecular formula is C35H47NO. The predicted octanol–water partition coefficient (Wildman–Crippen LogP) is 9.43. The SMILES string of the molecule is C[C@@H](N=Cc1cc([C@@H]2C[C@H]3CC[C@]2(C)C3(C)C)c(O)c([C@@H]2C[C@H]3CC[C@]2(C)C3(C)C)c1)c1ccccc1. The Morgan fingerprint density at radius 1 is 0.811 bits per heavy atom. The van der Waals surface area contributed by atoms with Crippen molar-refractivity contribution in [1.82, 2.24) is 0 Å². The summed E-state index contributed by atoms with van der Waals surface area (Å²) in [6.45, 7) is 17.1. The van der Waals surface area contributed by atoms with Gasteiger partial charge in [0, 0.05) is 6.21 Å². The molecule has 0 amide bonds. The van der Waals surface area contributed by atoms with E-state index < -0.39 is 0 Å². The number of rotatable bonds is 5. The monoisotopic (exact) mass is 497 g/mol. The average Bonchev–Trinajstić information content (AvgIpc) is 3.40. The van der Waals surface area contributed by atoms with Crippen molar-refractivity contribution in [1.29, 1.82) is 0 Å². The van der Waals surface area contributed by atoms with Crippen molar-refractivity contribution < 1.29 is 5.11 Å². The molecule has 4 aliphatic rings. The minimum absolute atomic E-state index is 0.111. The van der Waals surface area contributed by atoms with Crippen LogP contribution in [0.1, 0.15) is 127 Å². The van der Waals surface area contributed by atoms with Gasteiger partial charge in [-0.25, -0.2) is 0 Å². The Morgan fingerprint density at radius 2 is 1.30 bits per heavy atom. The molecule has 0 unspecified atom stereocenters. The molecule has 6 rings (SSSR count). The Bertz CT molecular complexity index is 1160. The molecule has 4 fully saturated rings. The van der Waals surface area contributed by atoms with Gasteiger partial charge in [-0.2, -0.15) is 0 Å². The molecule has 2 heteroatoms. The standard InChI is InChI=1S/C35H47NO/c1-22(24-11-9-8-10-12-24)36-21-23-17-27(29-19-25-13-15-34(29,6)32(25,2)3)31(37)28(18-23)30-20-26-14-16-35(30,7)33(26,4)5/h8-12,17-18,21-22,25-26,29-30,37H,13-16,19-20H2,1-7H3/t22-,25-,26-,29+,30+,34+,35+/m1/s1. The molecule has 0 saturated heterocycles. The van der Waals surface area contributed by atoms with Gasteiger partial charge in [-0.05, 0) is 125 Å². The summed E-state index contributed by atoms with van der Waals surface area (Å²) in [5.41, 5.74) is 5.91. The van der Waals surface area contributed by atoms with Crippen molar-refractivity contribution in [3.63, 3.8) is 0 Å². The van der Waals surface area contributed by atoms with E-state index >= 15 is 0 Å². The maximum atomic E-state index is 12.1. The summed E-state index contributed by atoms with van der Waals surface area (Å²) in [4.78, 5) is 5.01. The van der Waals surface area contributed by atoms with Crippen molar-refractivity contribution in [2.24, 2.45) is 38.5 Å². The third-order valence-electron chi connectivity index (χ3n) is 13.3. The molecule has 2 nitrogen and oxygen atoms in total. The van der Waals surface area contributed by atoms with Crippen LogP contribution in [-0.2, 0) is 0 Å².